The van der Waals surface area contributed by atoms with Crippen LogP contribution >= 0.6 is 0 Å². The highest BCUT2D eigenvalue weighted by Gasteiger charge is 2.39. The quantitative estimate of drug-likeness (QED) is 0.372. The van der Waals surface area contributed by atoms with Gasteiger partial charge in [-0.2, -0.15) is 0 Å². The van der Waals surface area contributed by atoms with E-state index in [0.717, 1.165) is 0 Å². The molecule has 0 aliphatic heterocycles. The fourth-order valence-corrected chi connectivity index (χ4v) is 0.823. The molecule has 0 aromatic carbocycles. The number of aldehydes is 1. The Kier molecular flexibility index (Phi) is 3.79. The second-order valence-corrected chi connectivity index (χ2v) is 3.07. The molecule has 0 amide bonds. The summed E-state index contributed by atoms with van der Waals surface area (Å²) in [5, 5.41) is 27.4. The van der Waals surface area contributed by atoms with E-state index in [1.807, 2.05) is 0 Å². The molecule has 0 saturated carbocycles. The van der Waals surface area contributed by atoms with Gasteiger partial charge in [0.2, 0.25) is 0 Å². The minimum absolute atomic E-state index is 0.183. The molecule has 12 heavy (non-hydrogen) atoms. The highest BCUT2D eigenvalue weighted by Crippen LogP contribution is 2.14. The normalized spacial score (nSPS) is 23.8. The number of aliphatic hydroxyl groups excluding tert-OH is 2. The van der Waals surface area contributed by atoms with Gasteiger partial charge in [0.05, 0.1) is 12.1 Å². The van der Waals surface area contributed by atoms with Gasteiger partial charge in [0, 0.05) is 0 Å². The summed E-state index contributed by atoms with van der Waals surface area (Å²) in [5.74, 6) is 0. The summed E-state index contributed by atoms with van der Waals surface area (Å²) in [6.45, 7) is 2.57. The predicted octanol–water partition coefficient (Wildman–Crippen LogP) is -1.99. The second kappa shape index (κ2) is 3.95. The van der Waals surface area contributed by atoms with E-state index >= 15 is 0 Å². The number of aliphatic hydroxyl groups is 3. The molecule has 0 bridgehead atoms. The maximum Gasteiger partial charge on any atom is 0.151 e. The van der Waals surface area contributed by atoms with E-state index in [9.17, 15) is 9.90 Å². The van der Waals surface area contributed by atoms with E-state index in [1.54, 1.807) is 0 Å². The lowest BCUT2D eigenvalue weighted by Crippen LogP contribution is -2.59. The Hall–Kier alpha value is -0.490. The van der Waals surface area contributed by atoms with Gasteiger partial charge in [0.25, 0.3) is 0 Å². The molecule has 0 aliphatic carbocycles. The molecule has 5 N–H and O–H groups in total. The van der Waals surface area contributed by atoms with Gasteiger partial charge in [-0.3, -0.25) is 0 Å². The summed E-state index contributed by atoms with van der Waals surface area (Å²) in [6.07, 6.45) is -2.39. The third-order valence-electron chi connectivity index (χ3n) is 1.92. The van der Waals surface area contributed by atoms with Crippen LogP contribution in [0, 0.1) is 0 Å². The molecule has 0 heterocycles. The largest absolute Gasteiger partial charge is 0.392 e. The van der Waals surface area contributed by atoms with Crippen molar-refractivity contribution >= 4 is 6.29 Å². The number of carbonyl (C=O) groups excluding carboxylic acids is 1. The van der Waals surface area contributed by atoms with Crippen molar-refractivity contribution in [2.24, 2.45) is 5.73 Å². The fourth-order valence-electron chi connectivity index (χ4n) is 0.823. The average Bonchev–Trinajstić information content (AvgIpc) is 2.01. The monoisotopic (exact) mass is 177 g/mol. The molecule has 72 valence electrons. The van der Waals surface area contributed by atoms with Gasteiger partial charge in [-0.05, 0) is 13.8 Å². The first kappa shape index (κ1) is 11.5. The van der Waals surface area contributed by atoms with Crippen LogP contribution in [0.15, 0.2) is 0 Å². The van der Waals surface area contributed by atoms with Crippen LogP contribution < -0.4 is 5.73 Å². The van der Waals surface area contributed by atoms with Crippen LogP contribution in [0.3, 0.4) is 0 Å². The third-order valence-corrected chi connectivity index (χ3v) is 1.92. The Bertz CT molecular complexity index is 157. The Morgan fingerprint density at radius 1 is 1.50 bits per heavy atom. The van der Waals surface area contributed by atoms with Gasteiger partial charge in [-0.25, -0.2) is 0 Å². The Morgan fingerprint density at radius 2 is 1.92 bits per heavy atom. The lowest BCUT2D eigenvalue weighted by atomic mass is 9.88. The van der Waals surface area contributed by atoms with Crippen LogP contribution in [0.2, 0.25) is 0 Å². The van der Waals surface area contributed by atoms with Crippen LogP contribution in [0.4, 0.5) is 0 Å². The fraction of sp³-hybridized carbons (Fsp3) is 0.857. The summed E-state index contributed by atoms with van der Waals surface area (Å²) >= 11 is 0. The molecule has 0 fully saturated rings. The number of nitrogens with two attached hydrogens (primary N) is 1. The van der Waals surface area contributed by atoms with Crippen molar-refractivity contribution in [2.45, 2.75) is 37.7 Å². The molecule has 0 aliphatic rings. The zero-order valence-electron chi connectivity index (χ0n) is 7.14. The van der Waals surface area contributed by atoms with Crippen LogP contribution in [0.1, 0.15) is 13.8 Å². The maximum atomic E-state index is 10.1. The maximum absolute atomic E-state index is 10.1. The highest BCUT2D eigenvalue weighted by atomic mass is 16.4. The van der Waals surface area contributed by atoms with Gasteiger partial charge in [0.15, 0.2) is 6.29 Å². The molecule has 0 unspecified atom stereocenters. The van der Waals surface area contributed by atoms with Crippen molar-refractivity contribution in [2.75, 3.05) is 0 Å². The standard InChI is InChI=1S/C7H15NO4/c1-4(10)6(8)7(2,12)5(11)3-9/h3-6,10-12H,8H2,1-2H3/t4-,5-,6-,7-/m1/s1. The second-order valence-electron chi connectivity index (χ2n) is 3.07. The number of hydrogen-bond donors (Lipinski definition) is 4. The minimum atomic E-state index is -1.80. The van der Waals surface area contributed by atoms with E-state index < -0.39 is 23.9 Å². The topological polar surface area (TPSA) is 104 Å². The smallest absolute Gasteiger partial charge is 0.151 e. The molecule has 0 rings (SSSR count). The van der Waals surface area contributed by atoms with Crippen molar-refractivity contribution in [3.05, 3.63) is 0 Å². The number of hydrogen-bond acceptors (Lipinski definition) is 5. The van der Waals surface area contributed by atoms with Crippen LogP contribution in [0.25, 0.3) is 0 Å². The van der Waals surface area contributed by atoms with E-state index in [1.165, 1.54) is 13.8 Å². The van der Waals surface area contributed by atoms with Crippen LogP contribution in [-0.2, 0) is 4.79 Å². The summed E-state index contributed by atoms with van der Waals surface area (Å²) in [4.78, 5) is 10.1. The third kappa shape index (κ3) is 2.25. The average molecular weight is 177 g/mol. The summed E-state index contributed by atoms with van der Waals surface area (Å²) in [5.41, 5.74) is 3.56. The van der Waals surface area contributed by atoms with Crippen molar-refractivity contribution < 1.29 is 20.1 Å². The molecule has 0 aromatic rings. The molecular weight excluding hydrogens is 162 g/mol. The van der Waals surface area contributed by atoms with E-state index in [2.05, 4.69) is 0 Å². The van der Waals surface area contributed by atoms with E-state index in [0.29, 0.717) is 0 Å². The van der Waals surface area contributed by atoms with Gasteiger partial charge in [0.1, 0.15) is 11.7 Å². The Morgan fingerprint density at radius 3 is 2.17 bits per heavy atom. The Balaban J connectivity index is 4.47. The molecule has 5 nitrogen and oxygen atoms in total. The highest BCUT2D eigenvalue weighted by molar-refractivity contribution is 5.58. The van der Waals surface area contributed by atoms with Crippen LogP contribution in [0.5, 0.6) is 0 Å². The first-order chi connectivity index (χ1) is 5.34. The predicted molar refractivity (Wildman–Crippen MR) is 42.4 cm³/mol. The molecule has 5 heteroatoms. The summed E-state index contributed by atoms with van der Waals surface area (Å²) in [6, 6.07) is -1.06. The summed E-state index contributed by atoms with van der Waals surface area (Å²) in [7, 11) is 0. The van der Waals surface area contributed by atoms with Crippen LogP contribution in [-0.4, -0.2) is 45.5 Å². The van der Waals surface area contributed by atoms with Gasteiger partial charge >= 0.3 is 0 Å². The zero-order valence-corrected chi connectivity index (χ0v) is 7.14. The molecule has 0 saturated heterocycles. The van der Waals surface area contributed by atoms with Crippen molar-refractivity contribution in [1.82, 2.24) is 0 Å². The first-order valence-corrected chi connectivity index (χ1v) is 3.63. The first-order valence-electron chi connectivity index (χ1n) is 3.63. The summed E-state index contributed by atoms with van der Waals surface area (Å²) < 4.78 is 0. The number of rotatable bonds is 4. The van der Waals surface area contributed by atoms with Crippen molar-refractivity contribution in [1.29, 1.82) is 0 Å². The van der Waals surface area contributed by atoms with Gasteiger partial charge in [-0.15, -0.1) is 0 Å². The zero-order chi connectivity index (χ0) is 9.94. The molecule has 0 radical (unpaired) electrons. The van der Waals surface area contributed by atoms with Crippen molar-refractivity contribution in [3.63, 3.8) is 0 Å². The van der Waals surface area contributed by atoms with E-state index in [4.69, 9.17) is 15.9 Å². The Labute approximate surface area is 70.8 Å². The lowest BCUT2D eigenvalue weighted by molar-refractivity contribution is -0.135. The molecular formula is C7H15NO4. The van der Waals surface area contributed by atoms with Gasteiger partial charge in [-0.1, -0.05) is 0 Å². The minimum Gasteiger partial charge on any atom is -0.392 e. The van der Waals surface area contributed by atoms with Gasteiger partial charge < -0.3 is 25.8 Å². The molecule has 4 atom stereocenters. The van der Waals surface area contributed by atoms with Crippen molar-refractivity contribution in [3.8, 4) is 0 Å². The number of carbonyl (C=O) groups is 1. The molecule has 0 aromatic heterocycles. The SMILES string of the molecule is C[C@@H](O)[C@@H](N)[C@](C)(O)[C@H](O)C=O. The molecule has 0 spiro atoms. The van der Waals surface area contributed by atoms with E-state index in [-0.39, 0.29) is 6.29 Å². The lowest BCUT2D eigenvalue weighted by Gasteiger charge is -2.33.